The second kappa shape index (κ2) is 5.65. The first-order chi connectivity index (χ1) is 8.18. The molecule has 0 aromatic heterocycles. The van der Waals surface area contributed by atoms with E-state index in [-0.39, 0.29) is 5.92 Å². The summed E-state index contributed by atoms with van der Waals surface area (Å²) in [6.45, 7) is 2.26. The van der Waals surface area contributed by atoms with Gasteiger partial charge in [0, 0.05) is 0 Å². The molecule has 17 heavy (non-hydrogen) atoms. The summed E-state index contributed by atoms with van der Waals surface area (Å²) in [5, 5.41) is 20.4. The average Bonchev–Trinajstić information content (AvgIpc) is 2.39. The van der Waals surface area contributed by atoms with E-state index in [0.29, 0.717) is 0 Å². The lowest BCUT2D eigenvalue weighted by Crippen LogP contribution is -2.30. The molecule has 0 heterocycles. The molecule has 2 N–H and O–H groups in total. The fourth-order valence-electron chi connectivity index (χ4n) is 2.73. The van der Waals surface area contributed by atoms with E-state index in [9.17, 15) is 10.2 Å². The van der Waals surface area contributed by atoms with Gasteiger partial charge in [-0.05, 0) is 30.2 Å². The first-order valence-corrected chi connectivity index (χ1v) is 6.59. The van der Waals surface area contributed by atoms with Crippen molar-refractivity contribution in [3.8, 4) is 0 Å². The van der Waals surface area contributed by atoms with Gasteiger partial charge in [-0.25, -0.2) is 0 Å². The highest BCUT2D eigenvalue weighted by molar-refractivity contribution is 5.18. The summed E-state index contributed by atoms with van der Waals surface area (Å²) < 4.78 is 0. The fraction of sp³-hybridized carbons (Fsp3) is 0.600. The van der Waals surface area contributed by atoms with E-state index in [1.807, 2.05) is 30.3 Å². The van der Waals surface area contributed by atoms with E-state index in [2.05, 4.69) is 6.92 Å². The lowest BCUT2D eigenvalue weighted by molar-refractivity contribution is -0.0318. The third kappa shape index (κ3) is 3.08. The average molecular weight is 234 g/mol. The lowest BCUT2D eigenvalue weighted by Gasteiger charge is -2.32. The molecule has 2 rings (SSSR count). The van der Waals surface area contributed by atoms with Gasteiger partial charge in [-0.1, -0.05) is 50.1 Å². The van der Waals surface area contributed by atoms with Crippen molar-refractivity contribution >= 4 is 0 Å². The molecule has 0 saturated heterocycles. The van der Waals surface area contributed by atoms with Crippen molar-refractivity contribution in [2.45, 2.75) is 44.8 Å². The minimum atomic E-state index is -0.741. The molecule has 1 saturated carbocycles. The quantitative estimate of drug-likeness (QED) is 0.844. The number of aliphatic hydroxyl groups is 2. The van der Waals surface area contributed by atoms with E-state index in [0.717, 1.165) is 24.3 Å². The van der Waals surface area contributed by atoms with Crippen LogP contribution in [0.4, 0.5) is 0 Å². The minimum absolute atomic E-state index is 0.251. The number of aliphatic hydroxyl groups excluding tert-OH is 2. The standard InChI is InChI=1S/C15H22O2/c1-11-7-9-13(10-8-11)15(17)14(16)12-5-3-2-4-6-12/h2-6,11,13-17H,7-10H2,1H3. The molecule has 0 bridgehead atoms. The fourth-order valence-corrected chi connectivity index (χ4v) is 2.73. The topological polar surface area (TPSA) is 40.5 Å². The van der Waals surface area contributed by atoms with E-state index in [1.165, 1.54) is 12.8 Å². The highest BCUT2D eigenvalue weighted by Gasteiger charge is 2.30. The molecule has 2 unspecified atom stereocenters. The van der Waals surface area contributed by atoms with E-state index >= 15 is 0 Å². The van der Waals surface area contributed by atoms with Crippen molar-refractivity contribution < 1.29 is 10.2 Å². The van der Waals surface area contributed by atoms with Crippen molar-refractivity contribution in [2.75, 3.05) is 0 Å². The van der Waals surface area contributed by atoms with Gasteiger partial charge in [0.2, 0.25) is 0 Å². The summed E-state index contributed by atoms with van der Waals surface area (Å²) in [7, 11) is 0. The molecular weight excluding hydrogens is 212 g/mol. The van der Waals surface area contributed by atoms with Crippen LogP contribution in [0, 0.1) is 11.8 Å². The maximum atomic E-state index is 10.2. The Labute approximate surface area is 103 Å². The van der Waals surface area contributed by atoms with Crippen LogP contribution in [0.2, 0.25) is 0 Å². The van der Waals surface area contributed by atoms with Crippen LogP contribution in [-0.4, -0.2) is 16.3 Å². The molecule has 1 aliphatic rings. The normalized spacial score (nSPS) is 28.6. The Morgan fingerprint density at radius 1 is 1.00 bits per heavy atom. The summed E-state index contributed by atoms with van der Waals surface area (Å²) in [6.07, 6.45) is 3.05. The van der Waals surface area contributed by atoms with Crippen LogP contribution in [0.3, 0.4) is 0 Å². The maximum Gasteiger partial charge on any atom is 0.105 e. The summed E-state index contributed by atoms with van der Waals surface area (Å²) in [6, 6.07) is 9.46. The van der Waals surface area contributed by atoms with E-state index in [1.54, 1.807) is 0 Å². The second-order valence-electron chi connectivity index (χ2n) is 5.37. The van der Waals surface area contributed by atoms with Gasteiger partial charge in [-0.3, -0.25) is 0 Å². The molecule has 1 aliphatic carbocycles. The molecule has 0 spiro atoms. The predicted octanol–water partition coefficient (Wildman–Crippen LogP) is 2.91. The third-order valence-electron chi connectivity index (χ3n) is 4.01. The van der Waals surface area contributed by atoms with Gasteiger partial charge in [0.25, 0.3) is 0 Å². The molecule has 2 heteroatoms. The van der Waals surface area contributed by atoms with Crippen LogP contribution in [-0.2, 0) is 0 Å². The Balaban J connectivity index is 1.98. The van der Waals surface area contributed by atoms with Gasteiger partial charge in [0.15, 0.2) is 0 Å². The van der Waals surface area contributed by atoms with E-state index < -0.39 is 12.2 Å². The Morgan fingerprint density at radius 3 is 2.18 bits per heavy atom. The zero-order chi connectivity index (χ0) is 12.3. The first kappa shape index (κ1) is 12.6. The molecule has 0 amide bonds. The zero-order valence-corrected chi connectivity index (χ0v) is 10.4. The van der Waals surface area contributed by atoms with Crippen LogP contribution in [0.5, 0.6) is 0 Å². The van der Waals surface area contributed by atoms with Crippen LogP contribution >= 0.6 is 0 Å². The van der Waals surface area contributed by atoms with Gasteiger partial charge in [-0.15, -0.1) is 0 Å². The molecule has 1 aromatic rings. The number of rotatable bonds is 3. The molecule has 1 fully saturated rings. The van der Waals surface area contributed by atoms with E-state index in [4.69, 9.17) is 0 Å². The van der Waals surface area contributed by atoms with Crippen molar-refractivity contribution in [1.82, 2.24) is 0 Å². The monoisotopic (exact) mass is 234 g/mol. The van der Waals surface area contributed by atoms with Gasteiger partial charge in [0.05, 0.1) is 6.10 Å². The Morgan fingerprint density at radius 2 is 1.59 bits per heavy atom. The summed E-state index contributed by atoms with van der Waals surface area (Å²) in [5.74, 6) is 1.02. The Bertz CT molecular complexity index is 328. The highest BCUT2D eigenvalue weighted by Crippen LogP contribution is 2.34. The van der Waals surface area contributed by atoms with Crippen LogP contribution in [0.25, 0.3) is 0 Å². The predicted molar refractivity (Wildman–Crippen MR) is 68.5 cm³/mol. The van der Waals surface area contributed by atoms with Crippen molar-refractivity contribution in [3.05, 3.63) is 35.9 Å². The van der Waals surface area contributed by atoms with Crippen LogP contribution < -0.4 is 0 Å². The molecule has 0 aliphatic heterocycles. The van der Waals surface area contributed by atoms with Gasteiger partial charge in [0.1, 0.15) is 6.10 Å². The minimum Gasteiger partial charge on any atom is -0.390 e. The number of benzene rings is 1. The highest BCUT2D eigenvalue weighted by atomic mass is 16.3. The van der Waals surface area contributed by atoms with Gasteiger partial charge in [-0.2, -0.15) is 0 Å². The number of hydrogen-bond donors (Lipinski definition) is 2. The maximum absolute atomic E-state index is 10.2. The lowest BCUT2D eigenvalue weighted by atomic mass is 9.78. The summed E-state index contributed by atoms with van der Waals surface area (Å²) >= 11 is 0. The molecule has 2 atom stereocenters. The van der Waals surface area contributed by atoms with Gasteiger partial charge < -0.3 is 10.2 Å². The van der Waals surface area contributed by atoms with Gasteiger partial charge >= 0.3 is 0 Å². The van der Waals surface area contributed by atoms with Crippen molar-refractivity contribution in [2.24, 2.45) is 11.8 Å². The summed E-state index contributed by atoms with van der Waals surface area (Å²) in [4.78, 5) is 0. The van der Waals surface area contributed by atoms with Crippen molar-refractivity contribution in [3.63, 3.8) is 0 Å². The summed E-state index contributed by atoms with van der Waals surface area (Å²) in [5.41, 5.74) is 0.818. The zero-order valence-electron chi connectivity index (χ0n) is 10.4. The smallest absolute Gasteiger partial charge is 0.105 e. The Kier molecular flexibility index (Phi) is 4.19. The first-order valence-electron chi connectivity index (χ1n) is 6.59. The Hall–Kier alpha value is -0.860. The molecule has 94 valence electrons. The largest absolute Gasteiger partial charge is 0.390 e. The molecule has 1 aromatic carbocycles. The third-order valence-corrected chi connectivity index (χ3v) is 4.01. The van der Waals surface area contributed by atoms with Crippen LogP contribution in [0.1, 0.15) is 44.3 Å². The molecule has 0 radical (unpaired) electrons. The van der Waals surface area contributed by atoms with Crippen LogP contribution in [0.15, 0.2) is 30.3 Å². The molecular formula is C15H22O2. The molecule has 2 nitrogen and oxygen atoms in total. The van der Waals surface area contributed by atoms with Crippen molar-refractivity contribution in [1.29, 1.82) is 0 Å². The second-order valence-corrected chi connectivity index (χ2v) is 5.37. The SMILES string of the molecule is CC1CCC(C(O)C(O)c2ccccc2)CC1. The number of hydrogen-bond acceptors (Lipinski definition) is 2.